The maximum Gasteiger partial charge on any atom is 0.426 e. The minimum Gasteiger partial charge on any atom is -0.481 e. The number of rotatable bonds is 2. The van der Waals surface area contributed by atoms with Crippen molar-refractivity contribution in [1.29, 1.82) is 0 Å². The molecule has 0 radical (unpaired) electrons. The number of allylic oxidation sites excluding steroid dienone is 2. The summed E-state index contributed by atoms with van der Waals surface area (Å²) >= 11 is 5.03. The Morgan fingerprint density at radius 2 is 1.93 bits per heavy atom. The zero-order chi connectivity index (χ0) is 12.0. The lowest BCUT2D eigenvalue weighted by Gasteiger charge is -2.04. The lowest BCUT2D eigenvalue weighted by Crippen LogP contribution is -2.07. The van der Waals surface area contributed by atoms with Gasteiger partial charge in [-0.1, -0.05) is 31.5 Å². The fourth-order valence-corrected chi connectivity index (χ4v) is 1.85. The van der Waals surface area contributed by atoms with Gasteiger partial charge in [-0.05, 0) is 11.3 Å². The normalized spacial score (nSPS) is 30.1. The predicted octanol–water partition coefficient (Wildman–Crippen LogP) is 3.03. The summed E-state index contributed by atoms with van der Waals surface area (Å²) in [6.07, 6.45) is -3.80. The molecule has 1 aliphatic rings. The molecule has 1 rings (SSSR count). The van der Waals surface area contributed by atoms with Crippen LogP contribution in [0, 0.1) is 17.3 Å². The van der Waals surface area contributed by atoms with Crippen LogP contribution >= 0.6 is 11.6 Å². The molecule has 86 valence electrons. The van der Waals surface area contributed by atoms with E-state index >= 15 is 0 Å². The molecule has 1 fully saturated rings. The molecule has 0 aromatic rings. The summed E-state index contributed by atoms with van der Waals surface area (Å²) in [6.45, 7) is 3.21. The third kappa shape index (κ3) is 2.27. The maximum absolute atomic E-state index is 12.1. The van der Waals surface area contributed by atoms with E-state index in [0.717, 1.165) is 6.08 Å². The Morgan fingerprint density at radius 1 is 1.47 bits per heavy atom. The van der Waals surface area contributed by atoms with Gasteiger partial charge in [-0.25, -0.2) is 0 Å². The van der Waals surface area contributed by atoms with Crippen LogP contribution in [0.1, 0.15) is 13.8 Å². The van der Waals surface area contributed by atoms with Gasteiger partial charge >= 0.3 is 12.1 Å². The zero-order valence-electron chi connectivity index (χ0n) is 8.10. The van der Waals surface area contributed by atoms with Gasteiger partial charge < -0.3 is 5.11 Å². The molecule has 1 aliphatic carbocycles. The molecular formula is C9H10ClF3O2. The first-order valence-electron chi connectivity index (χ1n) is 4.26. The van der Waals surface area contributed by atoms with Gasteiger partial charge in [0.2, 0.25) is 0 Å². The van der Waals surface area contributed by atoms with Crippen molar-refractivity contribution in [2.24, 2.45) is 17.3 Å². The molecule has 2 atom stereocenters. The summed E-state index contributed by atoms with van der Waals surface area (Å²) in [5.74, 6) is -2.52. The maximum atomic E-state index is 12.1. The van der Waals surface area contributed by atoms with Gasteiger partial charge in [-0.3, -0.25) is 4.79 Å². The molecule has 2 nitrogen and oxygen atoms in total. The number of alkyl halides is 3. The van der Waals surface area contributed by atoms with Crippen LogP contribution in [-0.2, 0) is 4.79 Å². The second kappa shape index (κ2) is 3.40. The first-order valence-corrected chi connectivity index (χ1v) is 4.63. The third-order valence-electron chi connectivity index (χ3n) is 2.77. The lowest BCUT2D eigenvalue weighted by atomic mass is 10.1. The van der Waals surface area contributed by atoms with Gasteiger partial charge in [0.05, 0.1) is 5.92 Å². The second-order valence-corrected chi connectivity index (χ2v) is 4.58. The molecule has 0 unspecified atom stereocenters. The number of hydrogen-bond donors (Lipinski definition) is 1. The number of hydrogen-bond acceptors (Lipinski definition) is 1. The summed E-state index contributed by atoms with van der Waals surface area (Å²) in [5.41, 5.74) is -0.656. The smallest absolute Gasteiger partial charge is 0.426 e. The van der Waals surface area contributed by atoms with Crippen molar-refractivity contribution in [3.8, 4) is 0 Å². The van der Waals surface area contributed by atoms with Crippen molar-refractivity contribution in [2.45, 2.75) is 20.0 Å². The first-order chi connectivity index (χ1) is 6.58. The fraction of sp³-hybridized carbons (Fsp3) is 0.667. The zero-order valence-corrected chi connectivity index (χ0v) is 8.86. The van der Waals surface area contributed by atoms with Gasteiger partial charge in [0.25, 0.3) is 0 Å². The van der Waals surface area contributed by atoms with E-state index < -0.39 is 34.4 Å². The minimum atomic E-state index is -4.59. The SMILES string of the molecule is CC1(C)[C@@H](C=C(Cl)C(F)(F)F)[C@@H]1C(=O)O. The molecule has 0 spiro atoms. The van der Waals surface area contributed by atoms with Crippen molar-refractivity contribution in [3.05, 3.63) is 11.1 Å². The monoisotopic (exact) mass is 242 g/mol. The van der Waals surface area contributed by atoms with Crippen LogP contribution in [0.25, 0.3) is 0 Å². The average molecular weight is 243 g/mol. The van der Waals surface area contributed by atoms with Crippen molar-refractivity contribution in [2.75, 3.05) is 0 Å². The van der Waals surface area contributed by atoms with Crippen LogP contribution in [0.4, 0.5) is 13.2 Å². The Bertz CT molecular complexity index is 320. The Balaban J connectivity index is 2.83. The van der Waals surface area contributed by atoms with E-state index in [1.54, 1.807) is 13.8 Å². The van der Waals surface area contributed by atoms with Gasteiger partial charge in [-0.2, -0.15) is 13.2 Å². The Morgan fingerprint density at radius 3 is 2.20 bits per heavy atom. The van der Waals surface area contributed by atoms with Crippen molar-refractivity contribution < 1.29 is 23.1 Å². The van der Waals surface area contributed by atoms with Gasteiger partial charge in [0.1, 0.15) is 5.03 Å². The van der Waals surface area contributed by atoms with Crippen LogP contribution in [-0.4, -0.2) is 17.3 Å². The molecule has 0 aromatic heterocycles. The van der Waals surface area contributed by atoms with Gasteiger partial charge in [-0.15, -0.1) is 0 Å². The number of halogens is 4. The molecule has 0 saturated heterocycles. The largest absolute Gasteiger partial charge is 0.481 e. The molecule has 15 heavy (non-hydrogen) atoms. The van der Waals surface area contributed by atoms with Crippen LogP contribution in [0.5, 0.6) is 0 Å². The predicted molar refractivity (Wildman–Crippen MR) is 48.4 cm³/mol. The number of carboxylic acid groups (broad SMARTS) is 1. The molecule has 0 aromatic carbocycles. The Labute approximate surface area is 89.7 Å². The highest BCUT2D eigenvalue weighted by atomic mass is 35.5. The summed E-state index contributed by atoms with van der Waals surface area (Å²) in [7, 11) is 0. The average Bonchev–Trinajstić information content (AvgIpc) is 2.50. The molecule has 0 amide bonds. The van der Waals surface area contributed by atoms with E-state index in [1.807, 2.05) is 0 Å². The quantitative estimate of drug-likeness (QED) is 0.808. The molecule has 6 heteroatoms. The van der Waals surface area contributed by atoms with Crippen molar-refractivity contribution in [3.63, 3.8) is 0 Å². The highest BCUT2D eigenvalue weighted by Gasteiger charge is 2.61. The van der Waals surface area contributed by atoms with Crippen LogP contribution in [0.2, 0.25) is 0 Å². The fourth-order valence-electron chi connectivity index (χ4n) is 1.71. The van der Waals surface area contributed by atoms with Crippen LogP contribution in [0.15, 0.2) is 11.1 Å². The van der Waals surface area contributed by atoms with E-state index in [2.05, 4.69) is 0 Å². The summed E-state index contributed by atoms with van der Waals surface area (Å²) in [5, 5.41) is 7.48. The van der Waals surface area contributed by atoms with E-state index in [9.17, 15) is 18.0 Å². The molecule has 1 saturated carbocycles. The summed E-state index contributed by atoms with van der Waals surface area (Å²) in [4.78, 5) is 10.7. The van der Waals surface area contributed by atoms with Gasteiger partial charge in [0.15, 0.2) is 0 Å². The van der Waals surface area contributed by atoms with E-state index in [4.69, 9.17) is 16.7 Å². The summed E-state index contributed by atoms with van der Waals surface area (Å²) < 4.78 is 36.2. The summed E-state index contributed by atoms with van der Waals surface area (Å²) in [6, 6.07) is 0. The highest BCUT2D eigenvalue weighted by molar-refractivity contribution is 6.30. The Hall–Kier alpha value is -0.710. The van der Waals surface area contributed by atoms with Crippen LogP contribution < -0.4 is 0 Å². The third-order valence-corrected chi connectivity index (χ3v) is 3.11. The Kier molecular flexibility index (Phi) is 2.80. The number of aliphatic carboxylic acids is 1. The van der Waals surface area contributed by atoms with Crippen molar-refractivity contribution >= 4 is 17.6 Å². The highest BCUT2D eigenvalue weighted by Crippen LogP contribution is 2.60. The second-order valence-electron chi connectivity index (χ2n) is 4.18. The van der Waals surface area contributed by atoms with E-state index in [-0.39, 0.29) is 0 Å². The number of carboxylic acids is 1. The van der Waals surface area contributed by atoms with E-state index in [0.29, 0.717) is 0 Å². The van der Waals surface area contributed by atoms with E-state index in [1.165, 1.54) is 0 Å². The van der Waals surface area contributed by atoms with Crippen molar-refractivity contribution in [1.82, 2.24) is 0 Å². The standard InChI is InChI=1S/C9H10ClF3O2/c1-8(2)4(6(8)7(14)15)3-5(10)9(11,12)13/h3-4,6H,1-2H3,(H,14,15)/t4-,6+/m0/s1. The minimum absolute atomic E-state index is 0.649. The molecule has 1 N–H and O–H groups in total. The first kappa shape index (κ1) is 12.4. The number of carbonyl (C=O) groups is 1. The van der Waals surface area contributed by atoms with Crippen LogP contribution in [0.3, 0.4) is 0 Å². The molecular weight excluding hydrogens is 233 g/mol. The molecule has 0 bridgehead atoms. The molecule has 0 heterocycles. The van der Waals surface area contributed by atoms with Gasteiger partial charge in [0, 0.05) is 0 Å². The topological polar surface area (TPSA) is 37.3 Å². The lowest BCUT2D eigenvalue weighted by molar-refractivity contribution is -0.139. The molecule has 0 aliphatic heterocycles.